The Morgan fingerprint density at radius 3 is 2.45 bits per heavy atom. The predicted octanol–water partition coefficient (Wildman–Crippen LogP) is 2.52. The molecule has 0 bridgehead atoms. The van der Waals surface area contributed by atoms with Crippen LogP contribution in [0.2, 0.25) is 0 Å². The highest BCUT2D eigenvalue weighted by Gasteiger charge is 2.09. The first kappa shape index (κ1) is 18.2. The summed E-state index contributed by atoms with van der Waals surface area (Å²) in [6.45, 7) is 0.0592. The molecular formula is C21H16N4O4. The van der Waals surface area contributed by atoms with E-state index < -0.39 is 5.97 Å². The van der Waals surface area contributed by atoms with E-state index in [0.29, 0.717) is 22.3 Å². The third-order valence-corrected chi connectivity index (χ3v) is 4.42. The molecule has 2 N–H and O–H groups in total. The van der Waals surface area contributed by atoms with Crippen LogP contribution in [0.5, 0.6) is 0 Å². The van der Waals surface area contributed by atoms with Crippen molar-refractivity contribution in [2.24, 2.45) is 0 Å². The fraction of sp³-hybridized carbons (Fsp3) is 0.0476. The van der Waals surface area contributed by atoms with Crippen molar-refractivity contribution < 1.29 is 14.7 Å². The zero-order valence-corrected chi connectivity index (χ0v) is 15.1. The van der Waals surface area contributed by atoms with Crippen molar-refractivity contribution in [1.29, 1.82) is 0 Å². The Bertz CT molecular complexity index is 1270. The Balaban J connectivity index is 1.48. The molecule has 2 aromatic heterocycles. The maximum Gasteiger partial charge on any atom is 0.356 e. The van der Waals surface area contributed by atoms with Crippen LogP contribution in [0.4, 0.5) is 5.69 Å². The average molecular weight is 388 g/mol. The van der Waals surface area contributed by atoms with E-state index in [1.807, 2.05) is 6.07 Å². The van der Waals surface area contributed by atoms with E-state index >= 15 is 0 Å². The van der Waals surface area contributed by atoms with Crippen LogP contribution >= 0.6 is 0 Å². The number of aromatic nitrogens is 3. The van der Waals surface area contributed by atoms with Gasteiger partial charge >= 0.3 is 5.97 Å². The van der Waals surface area contributed by atoms with Gasteiger partial charge in [0.1, 0.15) is 6.54 Å². The summed E-state index contributed by atoms with van der Waals surface area (Å²) in [4.78, 5) is 35.3. The molecule has 144 valence electrons. The number of carbonyl (C=O) groups excluding carboxylic acids is 1. The minimum Gasteiger partial charge on any atom is -0.476 e. The van der Waals surface area contributed by atoms with Crippen LogP contribution in [0.3, 0.4) is 0 Å². The number of anilines is 1. The molecule has 1 amide bonds. The molecule has 8 heteroatoms. The third-order valence-electron chi connectivity index (χ3n) is 4.42. The van der Waals surface area contributed by atoms with Crippen LogP contribution in [0.1, 0.15) is 10.5 Å². The lowest BCUT2D eigenvalue weighted by Gasteiger charge is -2.11. The molecule has 0 fully saturated rings. The number of aromatic carboxylic acids is 1. The van der Waals surface area contributed by atoms with Crippen LogP contribution in [-0.2, 0) is 11.3 Å². The summed E-state index contributed by atoms with van der Waals surface area (Å²) in [5.74, 6) is -1.33. The van der Waals surface area contributed by atoms with Gasteiger partial charge in [-0.15, -0.1) is 0 Å². The number of carboxylic acids is 1. The Kier molecular flexibility index (Phi) is 4.66. The molecular weight excluding hydrogens is 372 g/mol. The summed E-state index contributed by atoms with van der Waals surface area (Å²) < 4.78 is 3.17. The first-order valence-corrected chi connectivity index (χ1v) is 8.79. The normalized spacial score (nSPS) is 10.8. The lowest BCUT2D eigenvalue weighted by atomic mass is 10.2. The van der Waals surface area contributed by atoms with Gasteiger partial charge in [0.2, 0.25) is 5.91 Å². The molecule has 0 unspecified atom stereocenters. The standard InChI is InChI=1S/C21H16N4O4/c26-19-10-11-24(18-4-2-1-3-16(18)19)13-20(27)22-14-5-7-15(8-6-14)25-12-9-17(23-25)21(28)29/h1-12H,13H2,(H,22,27)(H,28,29). The van der Waals surface area contributed by atoms with Crippen LogP contribution in [-0.4, -0.2) is 31.3 Å². The van der Waals surface area contributed by atoms with Gasteiger partial charge in [0.05, 0.1) is 11.2 Å². The summed E-state index contributed by atoms with van der Waals surface area (Å²) in [5.41, 5.74) is 1.82. The lowest BCUT2D eigenvalue weighted by molar-refractivity contribution is -0.116. The zero-order chi connectivity index (χ0) is 20.4. The molecule has 0 radical (unpaired) electrons. The van der Waals surface area contributed by atoms with Gasteiger partial charge < -0.3 is 15.0 Å². The number of amides is 1. The van der Waals surface area contributed by atoms with Crippen molar-refractivity contribution in [2.45, 2.75) is 6.54 Å². The molecule has 0 spiro atoms. The van der Waals surface area contributed by atoms with E-state index in [2.05, 4.69) is 10.4 Å². The van der Waals surface area contributed by atoms with Gasteiger partial charge in [0, 0.05) is 29.5 Å². The van der Waals surface area contributed by atoms with E-state index in [-0.39, 0.29) is 23.6 Å². The molecule has 0 atom stereocenters. The number of pyridine rings is 1. The first-order chi connectivity index (χ1) is 14.0. The number of hydrogen-bond donors (Lipinski definition) is 2. The number of nitrogens with zero attached hydrogens (tertiary/aromatic N) is 3. The number of hydrogen-bond acceptors (Lipinski definition) is 4. The minimum absolute atomic E-state index is 0.0456. The smallest absolute Gasteiger partial charge is 0.356 e. The summed E-state index contributed by atoms with van der Waals surface area (Å²) >= 11 is 0. The van der Waals surface area contributed by atoms with Gasteiger partial charge in [0.25, 0.3) is 0 Å². The molecule has 0 aliphatic heterocycles. The number of carboxylic acid groups (broad SMARTS) is 1. The minimum atomic E-state index is -1.09. The van der Waals surface area contributed by atoms with E-state index in [0.717, 1.165) is 0 Å². The van der Waals surface area contributed by atoms with Crippen molar-refractivity contribution in [3.05, 3.63) is 89.0 Å². The number of rotatable bonds is 5. The maximum atomic E-state index is 12.5. The van der Waals surface area contributed by atoms with Crippen molar-refractivity contribution in [3.63, 3.8) is 0 Å². The van der Waals surface area contributed by atoms with Gasteiger partial charge in [-0.3, -0.25) is 9.59 Å². The predicted molar refractivity (Wildman–Crippen MR) is 107 cm³/mol. The number of para-hydroxylation sites is 1. The van der Waals surface area contributed by atoms with E-state index in [1.54, 1.807) is 59.4 Å². The van der Waals surface area contributed by atoms with Crippen molar-refractivity contribution in [3.8, 4) is 5.69 Å². The number of nitrogens with one attached hydrogen (secondary N) is 1. The van der Waals surface area contributed by atoms with E-state index in [9.17, 15) is 14.4 Å². The van der Waals surface area contributed by atoms with Crippen molar-refractivity contribution in [1.82, 2.24) is 14.3 Å². The molecule has 2 heterocycles. The fourth-order valence-electron chi connectivity index (χ4n) is 3.03. The first-order valence-electron chi connectivity index (χ1n) is 8.79. The van der Waals surface area contributed by atoms with E-state index in [1.165, 1.54) is 16.8 Å². The summed E-state index contributed by atoms with van der Waals surface area (Å²) in [6, 6.07) is 16.9. The Labute approximate surface area is 164 Å². The van der Waals surface area contributed by atoms with Gasteiger partial charge in [-0.25, -0.2) is 9.48 Å². The summed E-state index contributed by atoms with van der Waals surface area (Å²) in [7, 11) is 0. The Hall–Kier alpha value is -4.20. The van der Waals surface area contributed by atoms with Gasteiger partial charge in [-0.1, -0.05) is 12.1 Å². The second-order valence-electron chi connectivity index (χ2n) is 6.37. The Morgan fingerprint density at radius 1 is 0.966 bits per heavy atom. The van der Waals surface area contributed by atoms with Gasteiger partial charge in [-0.05, 0) is 42.5 Å². The molecule has 29 heavy (non-hydrogen) atoms. The topological polar surface area (TPSA) is 106 Å². The summed E-state index contributed by atoms with van der Waals surface area (Å²) in [6.07, 6.45) is 3.16. The van der Waals surface area contributed by atoms with Gasteiger partial charge in [0.15, 0.2) is 11.1 Å². The number of carbonyl (C=O) groups is 2. The van der Waals surface area contributed by atoms with Crippen molar-refractivity contribution >= 4 is 28.5 Å². The van der Waals surface area contributed by atoms with E-state index in [4.69, 9.17) is 5.11 Å². The summed E-state index contributed by atoms with van der Waals surface area (Å²) in [5, 5.41) is 16.3. The zero-order valence-electron chi connectivity index (χ0n) is 15.1. The second-order valence-corrected chi connectivity index (χ2v) is 6.37. The third kappa shape index (κ3) is 3.77. The average Bonchev–Trinajstić information content (AvgIpc) is 3.22. The second kappa shape index (κ2) is 7.43. The molecule has 4 rings (SSSR count). The highest BCUT2D eigenvalue weighted by Crippen LogP contribution is 2.14. The molecule has 0 aliphatic carbocycles. The SMILES string of the molecule is O=C(Cn1ccc(=O)c2ccccc21)Nc1ccc(-n2ccc(C(=O)O)n2)cc1. The molecule has 0 saturated carbocycles. The maximum absolute atomic E-state index is 12.5. The lowest BCUT2D eigenvalue weighted by Crippen LogP contribution is -2.20. The molecule has 0 aliphatic rings. The van der Waals surface area contributed by atoms with Crippen molar-refractivity contribution in [2.75, 3.05) is 5.32 Å². The largest absolute Gasteiger partial charge is 0.476 e. The van der Waals surface area contributed by atoms with Crippen LogP contribution in [0.25, 0.3) is 16.6 Å². The molecule has 0 saturated heterocycles. The number of fused-ring (bicyclic) bond motifs is 1. The highest BCUT2D eigenvalue weighted by molar-refractivity contribution is 5.92. The quantitative estimate of drug-likeness (QED) is 0.546. The van der Waals surface area contributed by atoms with Gasteiger partial charge in [-0.2, -0.15) is 5.10 Å². The highest BCUT2D eigenvalue weighted by atomic mass is 16.4. The molecule has 4 aromatic rings. The molecule has 2 aromatic carbocycles. The monoisotopic (exact) mass is 388 g/mol. The molecule has 8 nitrogen and oxygen atoms in total. The van der Waals surface area contributed by atoms with Crippen LogP contribution < -0.4 is 10.7 Å². The number of benzene rings is 2. The Morgan fingerprint density at radius 2 is 1.72 bits per heavy atom. The fourth-order valence-corrected chi connectivity index (χ4v) is 3.03. The van der Waals surface area contributed by atoms with Crippen LogP contribution in [0, 0.1) is 0 Å². The van der Waals surface area contributed by atoms with Crippen LogP contribution in [0.15, 0.2) is 77.9 Å².